The first kappa shape index (κ1) is 11.4. The van der Waals surface area contributed by atoms with Crippen molar-refractivity contribution < 1.29 is 4.42 Å². The maximum absolute atomic E-state index is 5.07. The SMILES string of the molecule is Cc1nc(-c2ccoc2)nc(C)c1CNC1CC1. The molecular formula is C14H17N3O. The molecule has 0 aromatic carbocycles. The average molecular weight is 243 g/mol. The minimum atomic E-state index is 0.706. The Kier molecular flexibility index (Phi) is 2.88. The van der Waals surface area contributed by atoms with E-state index < -0.39 is 0 Å². The predicted molar refractivity (Wildman–Crippen MR) is 69.1 cm³/mol. The van der Waals surface area contributed by atoms with Crippen LogP contribution in [-0.4, -0.2) is 16.0 Å². The number of hydrogen-bond acceptors (Lipinski definition) is 4. The lowest BCUT2D eigenvalue weighted by atomic mass is 10.1. The summed E-state index contributed by atoms with van der Waals surface area (Å²) in [7, 11) is 0. The van der Waals surface area contributed by atoms with Crippen LogP contribution in [0.1, 0.15) is 29.8 Å². The quantitative estimate of drug-likeness (QED) is 0.896. The molecule has 1 N–H and O–H groups in total. The highest BCUT2D eigenvalue weighted by atomic mass is 16.3. The van der Waals surface area contributed by atoms with Crippen LogP contribution in [0.4, 0.5) is 0 Å². The molecule has 1 saturated carbocycles. The molecule has 0 saturated heterocycles. The minimum Gasteiger partial charge on any atom is -0.472 e. The lowest BCUT2D eigenvalue weighted by Crippen LogP contribution is -2.18. The van der Waals surface area contributed by atoms with Crippen molar-refractivity contribution >= 4 is 0 Å². The second-order valence-corrected chi connectivity index (χ2v) is 4.86. The zero-order chi connectivity index (χ0) is 12.5. The molecule has 0 bridgehead atoms. The van der Waals surface area contributed by atoms with Gasteiger partial charge in [-0.25, -0.2) is 9.97 Å². The summed E-state index contributed by atoms with van der Waals surface area (Å²) in [5.74, 6) is 0.744. The van der Waals surface area contributed by atoms with Crippen molar-refractivity contribution in [3.05, 3.63) is 35.5 Å². The normalized spacial score (nSPS) is 15.0. The summed E-state index contributed by atoms with van der Waals surface area (Å²) in [6, 6.07) is 2.59. The summed E-state index contributed by atoms with van der Waals surface area (Å²) >= 11 is 0. The fourth-order valence-electron chi connectivity index (χ4n) is 2.05. The highest BCUT2D eigenvalue weighted by Crippen LogP contribution is 2.22. The van der Waals surface area contributed by atoms with Crippen LogP contribution < -0.4 is 5.32 Å². The third-order valence-electron chi connectivity index (χ3n) is 3.34. The van der Waals surface area contributed by atoms with E-state index in [0.717, 1.165) is 29.3 Å². The number of furan rings is 1. The molecule has 0 atom stereocenters. The van der Waals surface area contributed by atoms with Crippen molar-refractivity contribution in [2.45, 2.75) is 39.3 Å². The number of aromatic nitrogens is 2. The number of aryl methyl sites for hydroxylation is 2. The first-order valence-corrected chi connectivity index (χ1v) is 6.34. The molecule has 94 valence electrons. The van der Waals surface area contributed by atoms with Crippen LogP contribution in [0.5, 0.6) is 0 Å². The average Bonchev–Trinajstić information content (AvgIpc) is 3.00. The predicted octanol–water partition coefficient (Wildman–Crippen LogP) is 2.61. The summed E-state index contributed by atoms with van der Waals surface area (Å²) in [5.41, 5.74) is 4.25. The molecule has 0 radical (unpaired) electrons. The first-order chi connectivity index (χ1) is 8.74. The van der Waals surface area contributed by atoms with Gasteiger partial charge in [0, 0.05) is 29.5 Å². The zero-order valence-electron chi connectivity index (χ0n) is 10.7. The molecule has 4 heteroatoms. The van der Waals surface area contributed by atoms with Crippen molar-refractivity contribution in [2.75, 3.05) is 0 Å². The third-order valence-corrected chi connectivity index (χ3v) is 3.34. The summed E-state index contributed by atoms with van der Waals surface area (Å²) < 4.78 is 5.07. The monoisotopic (exact) mass is 243 g/mol. The highest BCUT2D eigenvalue weighted by molar-refractivity contribution is 5.53. The smallest absolute Gasteiger partial charge is 0.162 e. The van der Waals surface area contributed by atoms with E-state index >= 15 is 0 Å². The van der Waals surface area contributed by atoms with Gasteiger partial charge in [0.05, 0.1) is 11.8 Å². The summed E-state index contributed by atoms with van der Waals surface area (Å²) in [5, 5.41) is 3.51. The van der Waals surface area contributed by atoms with Gasteiger partial charge in [-0.1, -0.05) is 0 Å². The number of nitrogens with zero attached hydrogens (tertiary/aromatic N) is 2. The second-order valence-electron chi connectivity index (χ2n) is 4.86. The van der Waals surface area contributed by atoms with E-state index in [-0.39, 0.29) is 0 Å². The lowest BCUT2D eigenvalue weighted by molar-refractivity contribution is 0.568. The summed E-state index contributed by atoms with van der Waals surface area (Å²) in [6.07, 6.45) is 5.92. The zero-order valence-corrected chi connectivity index (χ0v) is 10.7. The van der Waals surface area contributed by atoms with Crippen LogP contribution in [0.2, 0.25) is 0 Å². The van der Waals surface area contributed by atoms with E-state index in [1.54, 1.807) is 12.5 Å². The van der Waals surface area contributed by atoms with Gasteiger partial charge in [-0.05, 0) is 32.8 Å². The Labute approximate surface area is 106 Å². The Hall–Kier alpha value is -1.68. The molecule has 1 fully saturated rings. The molecule has 0 spiro atoms. The van der Waals surface area contributed by atoms with Crippen molar-refractivity contribution in [2.24, 2.45) is 0 Å². The van der Waals surface area contributed by atoms with Gasteiger partial charge in [-0.3, -0.25) is 0 Å². The van der Waals surface area contributed by atoms with Crippen molar-refractivity contribution in [3.63, 3.8) is 0 Å². The standard InChI is InChI=1S/C14H17N3O/c1-9-13(7-15-12-3-4-12)10(2)17-14(16-9)11-5-6-18-8-11/h5-6,8,12,15H,3-4,7H2,1-2H3. The van der Waals surface area contributed by atoms with Gasteiger partial charge in [-0.15, -0.1) is 0 Å². The number of nitrogens with one attached hydrogen (secondary N) is 1. The van der Waals surface area contributed by atoms with E-state index in [2.05, 4.69) is 15.3 Å². The molecule has 0 unspecified atom stereocenters. The fraction of sp³-hybridized carbons (Fsp3) is 0.429. The van der Waals surface area contributed by atoms with Crippen molar-refractivity contribution in [3.8, 4) is 11.4 Å². The Balaban J connectivity index is 1.87. The number of rotatable bonds is 4. The first-order valence-electron chi connectivity index (χ1n) is 6.34. The lowest BCUT2D eigenvalue weighted by Gasteiger charge is -2.10. The van der Waals surface area contributed by atoms with E-state index in [9.17, 15) is 0 Å². The second kappa shape index (κ2) is 4.53. The Morgan fingerprint density at radius 1 is 1.28 bits per heavy atom. The van der Waals surface area contributed by atoms with E-state index in [0.29, 0.717) is 6.04 Å². The molecular weight excluding hydrogens is 226 g/mol. The van der Waals surface area contributed by atoms with Gasteiger partial charge in [0.25, 0.3) is 0 Å². The molecule has 1 aliphatic carbocycles. The Morgan fingerprint density at radius 2 is 2.00 bits per heavy atom. The largest absolute Gasteiger partial charge is 0.472 e. The van der Waals surface area contributed by atoms with E-state index in [4.69, 9.17) is 4.42 Å². The highest BCUT2D eigenvalue weighted by Gasteiger charge is 2.21. The van der Waals surface area contributed by atoms with E-state index in [1.807, 2.05) is 19.9 Å². The van der Waals surface area contributed by atoms with Crippen LogP contribution in [0.25, 0.3) is 11.4 Å². The van der Waals surface area contributed by atoms with E-state index in [1.165, 1.54) is 18.4 Å². The Bertz CT molecular complexity index is 521. The topological polar surface area (TPSA) is 51.0 Å². The molecule has 2 heterocycles. The maximum atomic E-state index is 5.07. The molecule has 0 amide bonds. The van der Waals surface area contributed by atoms with Gasteiger partial charge in [0.2, 0.25) is 0 Å². The van der Waals surface area contributed by atoms with Gasteiger partial charge in [0.15, 0.2) is 5.82 Å². The minimum absolute atomic E-state index is 0.706. The van der Waals surface area contributed by atoms with Crippen molar-refractivity contribution in [1.82, 2.24) is 15.3 Å². The molecule has 3 rings (SSSR count). The molecule has 18 heavy (non-hydrogen) atoms. The molecule has 4 nitrogen and oxygen atoms in total. The molecule has 1 aliphatic rings. The Morgan fingerprint density at radius 3 is 2.56 bits per heavy atom. The molecule has 2 aromatic rings. The summed E-state index contributed by atoms with van der Waals surface area (Å²) in [6.45, 7) is 4.96. The van der Waals surface area contributed by atoms with Crippen LogP contribution in [-0.2, 0) is 6.54 Å². The summed E-state index contributed by atoms with van der Waals surface area (Å²) in [4.78, 5) is 9.13. The molecule has 2 aromatic heterocycles. The van der Waals surface area contributed by atoms with Crippen LogP contribution in [0.15, 0.2) is 23.0 Å². The van der Waals surface area contributed by atoms with Gasteiger partial charge in [0.1, 0.15) is 6.26 Å². The van der Waals surface area contributed by atoms with Crippen molar-refractivity contribution in [1.29, 1.82) is 0 Å². The fourth-order valence-corrected chi connectivity index (χ4v) is 2.05. The third kappa shape index (κ3) is 2.29. The van der Waals surface area contributed by atoms with Crippen LogP contribution in [0, 0.1) is 13.8 Å². The van der Waals surface area contributed by atoms with Crippen LogP contribution in [0.3, 0.4) is 0 Å². The maximum Gasteiger partial charge on any atom is 0.162 e. The van der Waals surface area contributed by atoms with Gasteiger partial charge < -0.3 is 9.73 Å². The van der Waals surface area contributed by atoms with Crippen LogP contribution >= 0.6 is 0 Å². The van der Waals surface area contributed by atoms with Gasteiger partial charge in [-0.2, -0.15) is 0 Å². The van der Waals surface area contributed by atoms with Gasteiger partial charge >= 0.3 is 0 Å². The number of hydrogen-bond donors (Lipinski definition) is 1. The molecule has 0 aliphatic heterocycles.